The average molecular weight is 447 g/mol. The van der Waals surface area contributed by atoms with Crippen LogP contribution in [-0.4, -0.2) is 28.2 Å². The fourth-order valence-corrected chi connectivity index (χ4v) is 3.69. The lowest BCUT2D eigenvalue weighted by atomic mass is 10.1. The third-order valence-corrected chi connectivity index (χ3v) is 5.32. The highest BCUT2D eigenvalue weighted by Gasteiger charge is 2.19. The third-order valence-electron chi connectivity index (χ3n) is 3.92. The van der Waals surface area contributed by atoms with E-state index in [1.165, 1.54) is 23.9 Å². The lowest BCUT2D eigenvalue weighted by Crippen LogP contribution is -2.35. The number of halogens is 2. The Kier molecular flexibility index (Phi) is 6.74. The van der Waals surface area contributed by atoms with Gasteiger partial charge in [-0.3, -0.25) is 15.4 Å². The molecule has 1 heterocycles. The Labute approximate surface area is 182 Å². The molecular formula is C20H16Cl2N4O2S. The number of carbonyl (C=O) groups excluding carboxylic acids is 2. The van der Waals surface area contributed by atoms with Crippen molar-refractivity contribution in [1.29, 1.82) is 0 Å². The molecule has 2 aromatic carbocycles. The van der Waals surface area contributed by atoms with Crippen LogP contribution in [0.3, 0.4) is 0 Å². The van der Waals surface area contributed by atoms with Crippen molar-refractivity contribution < 1.29 is 9.59 Å². The number of urea groups is 1. The third kappa shape index (κ3) is 4.87. The number of hydrogen-bond donors (Lipinski definition) is 2. The topological polar surface area (TPSA) is 84.0 Å². The zero-order chi connectivity index (χ0) is 21.0. The Hall–Kier alpha value is -2.61. The van der Waals surface area contributed by atoms with Crippen molar-refractivity contribution in [1.82, 2.24) is 15.3 Å². The number of aromatic nitrogens is 2. The van der Waals surface area contributed by atoms with Gasteiger partial charge in [-0.25, -0.2) is 14.8 Å². The maximum Gasteiger partial charge on any atom is 0.327 e. The number of nitrogens with zero attached hydrogens (tertiary/aromatic N) is 2. The summed E-state index contributed by atoms with van der Waals surface area (Å²) in [6.07, 6.45) is 1.90. The molecule has 0 radical (unpaired) electrons. The SMILES string of the molecule is CSc1nc(-c2ccccc2)c(NC(=O)NC(=O)c2c(Cl)cccc2Cl)nc1C. The van der Waals surface area contributed by atoms with Gasteiger partial charge in [-0.2, -0.15) is 0 Å². The van der Waals surface area contributed by atoms with Crippen molar-refractivity contribution >= 4 is 52.7 Å². The Morgan fingerprint density at radius 2 is 1.62 bits per heavy atom. The predicted molar refractivity (Wildman–Crippen MR) is 117 cm³/mol. The van der Waals surface area contributed by atoms with Crippen LogP contribution < -0.4 is 10.6 Å². The van der Waals surface area contributed by atoms with Gasteiger partial charge < -0.3 is 0 Å². The summed E-state index contributed by atoms with van der Waals surface area (Å²) >= 11 is 13.5. The minimum atomic E-state index is -0.770. The molecule has 0 fully saturated rings. The first kappa shape index (κ1) is 21.1. The van der Waals surface area contributed by atoms with E-state index in [1.54, 1.807) is 13.0 Å². The molecule has 3 aromatic rings. The molecule has 3 rings (SSSR count). The second-order valence-electron chi connectivity index (χ2n) is 5.89. The van der Waals surface area contributed by atoms with Gasteiger partial charge in [0.05, 0.1) is 21.3 Å². The van der Waals surface area contributed by atoms with E-state index >= 15 is 0 Å². The van der Waals surface area contributed by atoms with Crippen molar-refractivity contribution in [2.45, 2.75) is 11.9 Å². The van der Waals surface area contributed by atoms with Crippen molar-refractivity contribution in [2.24, 2.45) is 0 Å². The van der Waals surface area contributed by atoms with Gasteiger partial charge >= 0.3 is 6.03 Å². The highest BCUT2D eigenvalue weighted by Crippen LogP contribution is 2.29. The number of hydrogen-bond acceptors (Lipinski definition) is 5. The normalized spacial score (nSPS) is 10.5. The van der Waals surface area contributed by atoms with Crippen molar-refractivity contribution in [3.63, 3.8) is 0 Å². The Morgan fingerprint density at radius 3 is 2.24 bits per heavy atom. The van der Waals surface area contributed by atoms with Gasteiger partial charge in [0.2, 0.25) is 0 Å². The smallest absolute Gasteiger partial charge is 0.290 e. The zero-order valence-electron chi connectivity index (χ0n) is 15.5. The molecular weight excluding hydrogens is 431 g/mol. The standard InChI is InChI=1S/C20H16Cl2N4O2S/c1-11-19(29-2)24-16(12-7-4-3-5-8-12)17(23-11)25-20(28)26-18(27)15-13(21)9-6-10-14(15)22/h3-10H,1-2H3,(H2,23,25,26,27,28). The molecule has 2 N–H and O–H groups in total. The molecule has 0 aliphatic heterocycles. The first-order valence-electron chi connectivity index (χ1n) is 8.45. The van der Waals surface area contributed by atoms with Crippen LogP contribution in [0.4, 0.5) is 10.6 Å². The van der Waals surface area contributed by atoms with Crippen LogP contribution in [0.15, 0.2) is 53.6 Å². The summed E-state index contributed by atoms with van der Waals surface area (Å²) in [5.41, 5.74) is 1.97. The highest BCUT2D eigenvalue weighted by atomic mass is 35.5. The van der Waals surface area contributed by atoms with Gasteiger partial charge in [0.25, 0.3) is 5.91 Å². The van der Waals surface area contributed by atoms with Gasteiger partial charge in [0, 0.05) is 5.56 Å². The summed E-state index contributed by atoms with van der Waals surface area (Å²) in [6.45, 7) is 1.80. The Morgan fingerprint density at radius 1 is 0.966 bits per heavy atom. The van der Waals surface area contributed by atoms with E-state index < -0.39 is 11.9 Å². The van der Waals surface area contributed by atoms with Crippen molar-refractivity contribution in [3.8, 4) is 11.3 Å². The van der Waals surface area contributed by atoms with Crippen LogP contribution in [0.25, 0.3) is 11.3 Å². The molecule has 148 valence electrons. The summed E-state index contributed by atoms with van der Waals surface area (Å²) in [6, 6.07) is 13.2. The lowest BCUT2D eigenvalue weighted by Gasteiger charge is -2.13. The number of rotatable bonds is 4. The predicted octanol–water partition coefficient (Wildman–Crippen LogP) is 5.44. The van der Waals surface area contributed by atoms with Crippen LogP contribution in [-0.2, 0) is 0 Å². The van der Waals surface area contributed by atoms with E-state index in [-0.39, 0.29) is 21.4 Å². The molecule has 0 saturated heterocycles. The van der Waals surface area contributed by atoms with Crippen LogP contribution in [0.2, 0.25) is 10.0 Å². The van der Waals surface area contributed by atoms with Gasteiger partial charge in [0.1, 0.15) is 10.7 Å². The number of nitrogens with one attached hydrogen (secondary N) is 2. The van der Waals surface area contributed by atoms with E-state index in [2.05, 4.69) is 20.6 Å². The fraction of sp³-hybridized carbons (Fsp3) is 0.100. The number of carbonyl (C=O) groups is 2. The Balaban J connectivity index is 1.88. The molecule has 3 amide bonds. The van der Waals surface area contributed by atoms with Crippen LogP contribution in [0.1, 0.15) is 16.1 Å². The summed E-state index contributed by atoms with van der Waals surface area (Å²) in [7, 11) is 0. The maximum absolute atomic E-state index is 12.5. The molecule has 0 bridgehead atoms. The molecule has 0 spiro atoms. The first-order chi connectivity index (χ1) is 13.9. The van der Waals surface area contributed by atoms with Gasteiger partial charge in [0.15, 0.2) is 5.82 Å². The largest absolute Gasteiger partial charge is 0.327 e. The molecule has 0 aliphatic carbocycles. The van der Waals surface area contributed by atoms with E-state index in [4.69, 9.17) is 23.2 Å². The average Bonchev–Trinajstić information content (AvgIpc) is 2.68. The van der Waals surface area contributed by atoms with Crippen molar-refractivity contribution in [3.05, 3.63) is 69.8 Å². The number of anilines is 1. The summed E-state index contributed by atoms with van der Waals surface area (Å²) in [5, 5.41) is 5.86. The van der Waals surface area contributed by atoms with Gasteiger partial charge in [-0.15, -0.1) is 11.8 Å². The first-order valence-corrected chi connectivity index (χ1v) is 10.4. The second-order valence-corrected chi connectivity index (χ2v) is 7.50. The molecule has 1 aromatic heterocycles. The van der Waals surface area contributed by atoms with Gasteiger partial charge in [-0.1, -0.05) is 59.6 Å². The van der Waals surface area contributed by atoms with Crippen LogP contribution >= 0.6 is 35.0 Å². The monoisotopic (exact) mass is 446 g/mol. The number of thioether (sulfide) groups is 1. The Bertz CT molecular complexity index is 1060. The van der Waals surface area contributed by atoms with E-state index in [1.807, 2.05) is 36.6 Å². The summed E-state index contributed by atoms with van der Waals surface area (Å²) in [4.78, 5) is 34.0. The summed E-state index contributed by atoms with van der Waals surface area (Å²) in [5.74, 6) is -0.480. The molecule has 29 heavy (non-hydrogen) atoms. The molecule has 0 saturated carbocycles. The van der Waals surface area contributed by atoms with E-state index in [0.29, 0.717) is 11.4 Å². The molecule has 0 aliphatic rings. The number of benzene rings is 2. The van der Waals surface area contributed by atoms with Crippen molar-refractivity contribution in [2.75, 3.05) is 11.6 Å². The van der Waals surface area contributed by atoms with Crippen LogP contribution in [0, 0.1) is 6.92 Å². The minimum absolute atomic E-state index is 0.0225. The van der Waals surface area contributed by atoms with Gasteiger partial charge in [-0.05, 0) is 25.3 Å². The lowest BCUT2D eigenvalue weighted by molar-refractivity contribution is 0.0967. The molecule has 6 nitrogen and oxygen atoms in total. The maximum atomic E-state index is 12.5. The number of amides is 3. The summed E-state index contributed by atoms with van der Waals surface area (Å²) < 4.78 is 0. The quantitative estimate of drug-likeness (QED) is 0.520. The van der Waals surface area contributed by atoms with E-state index in [0.717, 1.165) is 10.6 Å². The molecule has 0 atom stereocenters. The highest BCUT2D eigenvalue weighted by molar-refractivity contribution is 7.98. The number of imide groups is 1. The fourth-order valence-electron chi connectivity index (χ4n) is 2.60. The van der Waals surface area contributed by atoms with Crippen LogP contribution in [0.5, 0.6) is 0 Å². The number of aryl methyl sites for hydroxylation is 1. The van der Waals surface area contributed by atoms with E-state index in [9.17, 15) is 9.59 Å². The second kappa shape index (κ2) is 9.26. The molecule has 9 heteroatoms. The molecule has 0 unspecified atom stereocenters. The minimum Gasteiger partial charge on any atom is -0.290 e. The zero-order valence-corrected chi connectivity index (χ0v) is 17.8.